The Bertz CT molecular complexity index is 248. The Balaban J connectivity index is 4.23. The topological polar surface area (TPSA) is 54.4 Å². The maximum absolute atomic E-state index is 11.6. The maximum atomic E-state index is 11.6. The smallest absolute Gasteiger partial charge is 0.307 e. The van der Waals surface area contributed by atoms with Gasteiger partial charge in [-0.3, -0.25) is 9.59 Å². The number of carbonyl (C=O) groups is 2. The molecule has 0 spiro atoms. The molecular formula is C12H20O3. The molecule has 0 aliphatic rings. The molecule has 0 aliphatic heterocycles. The van der Waals surface area contributed by atoms with E-state index in [-0.39, 0.29) is 17.6 Å². The Kier molecular flexibility index (Phi) is 5.26. The standard InChI is InChI=1S/C12H20O3/c1-5-6-9(11(14)15)7-10(13)8-12(2,3)4/h5,9H,1,6-8H2,2-4H3,(H,14,15)/t9-/m1/s1. The van der Waals surface area contributed by atoms with Crippen LogP contribution in [0.15, 0.2) is 12.7 Å². The number of carboxylic acid groups (broad SMARTS) is 1. The van der Waals surface area contributed by atoms with E-state index in [2.05, 4.69) is 6.58 Å². The van der Waals surface area contributed by atoms with E-state index in [1.807, 2.05) is 20.8 Å². The van der Waals surface area contributed by atoms with Gasteiger partial charge in [0.2, 0.25) is 0 Å². The van der Waals surface area contributed by atoms with Gasteiger partial charge in [0, 0.05) is 12.8 Å². The van der Waals surface area contributed by atoms with E-state index in [1.165, 1.54) is 0 Å². The number of Topliss-reactive ketones (excluding diaryl/α,β-unsaturated/α-hetero) is 1. The summed E-state index contributed by atoms with van der Waals surface area (Å²) in [6, 6.07) is 0. The lowest BCUT2D eigenvalue weighted by molar-refractivity contribution is -0.143. The van der Waals surface area contributed by atoms with E-state index >= 15 is 0 Å². The fourth-order valence-electron chi connectivity index (χ4n) is 1.41. The van der Waals surface area contributed by atoms with E-state index < -0.39 is 11.9 Å². The van der Waals surface area contributed by atoms with Crippen molar-refractivity contribution in [3.05, 3.63) is 12.7 Å². The molecule has 0 aromatic carbocycles. The first-order valence-corrected chi connectivity index (χ1v) is 5.11. The van der Waals surface area contributed by atoms with Gasteiger partial charge in [-0.2, -0.15) is 0 Å². The zero-order valence-electron chi connectivity index (χ0n) is 9.75. The summed E-state index contributed by atoms with van der Waals surface area (Å²) < 4.78 is 0. The second kappa shape index (κ2) is 5.69. The number of hydrogen-bond acceptors (Lipinski definition) is 2. The summed E-state index contributed by atoms with van der Waals surface area (Å²) in [7, 11) is 0. The van der Waals surface area contributed by atoms with Crippen molar-refractivity contribution in [1.82, 2.24) is 0 Å². The van der Waals surface area contributed by atoms with Crippen molar-refractivity contribution in [3.63, 3.8) is 0 Å². The van der Waals surface area contributed by atoms with Crippen LogP contribution in [0.25, 0.3) is 0 Å². The van der Waals surface area contributed by atoms with Gasteiger partial charge in [-0.1, -0.05) is 26.8 Å². The average molecular weight is 212 g/mol. The van der Waals surface area contributed by atoms with Crippen molar-refractivity contribution in [3.8, 4) is 0 Å². The Labute approximate surface area is 91.2 Å². The fraction of sp³-hybridized carbons (Fsp3) is 0.667. The van der Waals surface area contributed by atoms with Crippen LogP contribution < -0.4 is 0 Å². The van der Waals surface area contributed by atoms with Crippen LogP contribution in [0.4, 0.5) is 0 Å². The molecule has 0 aromatic heterocycles. The molecule has 0 saturated carbocycles. The minimum atomic E-state index is -0.919. The van der Waals surface area contributed by atoms with Gasteiger partial charge < -0.3 is 5.11 Å². The molecule has 0 fully saturated rings. The number of hydrogen-bond donors (Lipinski definition) is 1. The van der Waals surface area contributed by atoms with Crippen molar-refractivity contribution in [2.45, 2.75) is 40.0 Å². The Morgan fingerprint density at radius 3 is 2.27 bits per heavy atom. The lowest BCUT2D eigenvalue weighted by Gasteiger charge is -2.18. The Morgan fingerprint density at radius 2 is 1.93 bits per heavy atom. The van der Waals surface area contributed by atoms with E-state index in [0.29, 0.717) is 12.8 Å². The van der Waals surface area contributed by atoms with Crippen LogP contribution in [-0.2, 0) is 9.59 Å². The highest BCUT2D eigenvalue weighted by molar-refractivity contribution is 5.84. The number of allylic oxidation sites excluding steroid dienone is 1. The van der Waals surface area contributed by atoms with Crippen molar-refractivity contribution in [2.24, 2.45) is 11.3 Å². The number of carboxylic acids is 1. The quantitative estimate of drug-likeness (QED) is 0.689. The molecule has 0 rings (SSSR count). The van der Waals surface area contributed by atoms with Crippen LogP contribution in [0.5, 0.6) is 0 Å². The van der Waals surface area contributed by atoms with Gasteiger partial charge in [0.25, 0.3) is 0 Å². The van der Waals surface area contributed by atoms with E-state index in [0.717, 1.165) is 0 Å². The third-order valence-corrected chi connectivity index (χ3v) is 2.00. The maximum Gasteiger partial charge on any atom is 0.307 e. The summed E-state index contributed by atoms with van der Waals surface area (Å²) in [6.45, 7) is 9.39. The Morgan fingerprint density at radius 1 is 1.40 bits per heavy atom. The van der Waals surface area contributed by atoms with Crippen molar-refractivity contribution in [1.29, 1.82) is 0 Å². The van der Waals surface area contributed by atoms with Crippen molar-refractivity contribution >= 4 is 11.8 Å². The predicted molar refractivity (Wildman–Crippen MR) is 59.6 cm³/mol. The zero-order chi connectivity index (χ0) is 12.1. The molecule has 3 nitrogen and oxygen atoms in total. The number of ketones is 1. The first kappa shape index (κ1) is 13.9. The van der Waals surface area contributed by atoms with Gasteiger partial charge in [0.05, 0.1) is 5.92 Å². The number of carbonyl (C=O) groups excluding carboxylic acids is 1. The third kappa shape index (κ3) is 6.89. The monoisotopic (exact) mass is 212 g/mol. The molecule has 0 aromatic rings. The molecule has 15 heavy (non-hydrogen) atoms. The molecular weight excluding hydrogens is 192 g/mol. The van der Waals surface area contributed by atoms with Gasteiger partial charge in [0.1, 0.15) is 5.78 Å². The number of rotatable bonds is 6. The normalized spacial score (nSPS) is 13.3. The molecule has 0 heterocycles. The van der Waals surface area contributed by atoms with Crippen molar-refractivity contribution < 1.29 is 14.7 Å². The van der Waals surface area contributed by atoms with Crippen LogP contribution in [-0.4, -0.2) is 16.9 Å². The molecule has 3 heteroatoms. The SMILES string of the molecule is C=CC[C@H](CC(=O)CC(C)(C)C)C(=O)O. The van der Waals surface area contributed by atoms with Crippen molar-refractivity contribution in [2.75, 3.05) is 0 Å². The lowest BCUT2D eigenvalue weighted by atomic mass is 9.86. The molecule has 0 aliphatic carbocycles. The van der Waals surface area contributed by atoms with Crippen LogP contribution in [0.1, 0.15) is 40.0 Å². The van der Waals surface area contributed by atoms with Crippen LogP contribution in [0.2, 0.25) is 0 Å². The second-order valence-electron chi connectivity index (χ2n) is 5.04. The third-order valence-electron chi connectivity index (χ3n) is 2.00. The summed E-state index contributed by atoms with van der Waals surface area (Å²) in [5.74, 6) is -1.52. The molecule has 1 N–H and O–H groups in total. The molecule has 0 unspecified atom stereocenters. The van der Waals surface area contributed by atoms with E-state index in [9.17, 15) is 9.59 Å². The predicted octanol–water partition coefficient (Wildman–Crippen LogP) is 2.66. The first-order chi connectivity index (χ1) is 6.76. The van der Waals surface area contributed by atoms with Gasteiger partial charge in [0.15, 0.2) is 0 Å². The van der Waals surface area contributed by atoms with Gasteiger partial charge in [-0.15, -0.1) is 6.58 Å². The summed E-state index contributed by atoms with van der Waals surface area (Å²) in [5, 5.41) is 8.85. The molecule has 0 radical (unpaired) electrons. The molecule has 0 amide bonds. The largest absolute Gasteiger partial charge is 0.481 e. The first-order valence-electron chi connectivity index (χ1n) is 5.11. The minimum Gasteiger partial charge on any atom is -0.481 e. The van der Waals surface area contributed by atoms with Crippen LogP contribution in [0.3, 0.4) is 0 Å². The summed E-state index contributed by atoms with van der Waals surface area (Å²) >= 11 is 0. The van der Waals surface area contributed by atoms with Gasteiger partial charge in [-0.25, -0.2) is 0 Å². The molecule has 86 valence electrons. The minimum absolute atomic E-state index is 0.0109. The van der Waals surface area contributed by atoms with E-state index in [4.69, 9.17) is 5.11 Å². The summed E-state index contributed by atoms with van der Waals surface area (Å²) in [4.78, 5) is 22.3. The number of aliphatic carboxylic acids is 1. The fourth-order valence-corrected chi connectivity index (χ4v) is 1.41. The second-order valence-corrected chi connectivity index (χ2v) is 5.04. The summed E-state index contributed by atoms with van der Waals surface area (Å²) in [6.07, 6.45) is 2.43. The Hall–Kier alpha value is -1.12. The molecule has 0 bridgehead atoms. The molecule has 0 saturated heterocycles. The highest BCUT2D eigenvalue weighted by Gasteiger charge is 2.23. The van der Waals surface area contributed by atoms with Gasteiger partial charge >= 0.3 is 5.97 Å². The highest BCUT2D eigenvalue weighted by Crippen LogP contribution is 2.22. The van der Waals surface area contributed by atoms with Crippen LogP contribution in [0, 0.1) is 11.3 Å². The van der Waals surface area contributed by atoms with E-state index in [1.54, 1.807) is 6.08 Å². The highest BCUT2D eigenvalue weighted by atomic mass is 16.4. The summed E-state index contributed by atoms with van der Waals surface area (Å²) in [5.41, 5.74) is -0.0751. The van der Waals surface area contributed by atoms with Crippen LogP contribution >= 0.6 is 0 Å². The lowest BCUT2D eigenvalue weighted by Crippen LogP contribution is -2.20. The molecule has 1 atom stereocenters. The zero-order valence-corrected chi connectivity index (χ0v) is 9.75. The average Bonchev–Trinajstić information content (AvgIpc) is 1.99. The van der Waals surface area contributed by atoms with Gasteiger partial charge in [-0.05, 0) is 11.8 Å².